The molecule has 0 aliphatic rings. The lowest BCUT2D eigenvalue weighted by Crippen LogP contribution is -2.29. The highest BCUT2D eigenvalue weighted by Crippen LogP contribution is 2.26. The predicted octanol–water partition coefficient (Wildman–Crippen LogP) is 4.69. The van der Waals surface area contributed by atoms with Crippen molar-refractivity contribution in [3.05, 3.63) is 63.7 Å². The summed E-state index contributed by atoms with van der Waals surface area (Å²) >= 11 is 5.91. The molecule has 0 fully saturated rings. The molecule has 0 radical (unpaired) electrons. The van der Waals surface area contributed by atoms with Crippen LogP contribution in [0.4, 0.5) is 0 Å². The summed E-state index contributed by atoms with van der Waals surface area (Å²) in [5.74, 6) is 0. The van der Waals surface area contributed by atoms with Gasteiger partial charge in [0, 0.05) is 11.1 Å². The van der Waals surface area contributed by atoms with E-state index in [0.29, 0.717) is 16.3 Å². The van der Waals surface area contributed by atoms with Gasteiger partial charge in [-0.05, 0) is 56.0 Å². The Hall–Kier alpha value is -1.36. The van der Waals surface area contributed by atoms with Crippen LogP contribution in [0.15, 0.2) is 41.3 Å². The van der Waals surface area contributed by atoms with Crippen LogP contribution in [-0.2, 0) is 10.0 Å². The topological polar surface area (TPSA) is 46.2 Å². The summed E-state index contributed by atoms with van der Waals surface area (Å²) in [7, 11) is -3.59. The molecule has 0 aliphatic heterocycles. The minimum Gasteiger partial charge on any atom is -0.207 e. The van der Waals surface area contributed by atoms with Crippen molar-refractivity contribution in [1.82, 2.24) is 4.72 Å². The second-order valence-corrected chi connectivity index (χ2v) is 7.95. The van der Waals surface area contributed by atoms with Crippen molar-refractivity contribution in [2.45, 2.75) is 45.1 Å². The van der Waals surface area contributed by atoms with E-state index in [9.17, 15) is 8.42 Å². The Kier molecular flexibility index (Phi) is 5.50. The molecule has 0 heterocycles. The Morgan fingerprint density at radius 3 is 2.04 bits per heavy atom. The molecule has 124 valence electrons. The molecule has 23 heavy (non-hydrogen) atoms. The highest BCUT2D eigenvalue weighted by Gasteiger charge is 2.23. The second kappa shape index (κ2) is 7.04. The van der Waals surface area contributed by atoms with E-state index in [2.05, 4.69) is 4.72 Å². The van der Waals surface area contributed by atoms with Crippen LogP contribution in [0.1, 0.15) is 41.6 Å². The number of nitrogens with one attached hydrogen (secondary N) is 1. The molecule has 0 amide bonds. The van der Waals surface area contributed by atoms with Gasteiger partial charge in [0.05, 0.1) is 4.90 Å². The lowest BCUT2D eigenvalue weighted by molar-refractivity contribution is 0.549. The first kappa shape index (κ1) is 18.0. The van der Waals surface area contributed by atoms with E-state index >= 15 is 0 Å². The summed E-state index contributed by atoms with van der Waals surface area (Å²) in [5.41, 5.74) is 3.49. The summed E-state index contributed by atoms with van der Waals surface area (Å²) in [6.45, 7) is 7.58. The molecule has 2 aromatic carbocycles. The van der Waals surface area contributed by atoms with Crippen molar-refractivity contribution in [1.29, 1.82) is 0 Å². The summed E-state index contributed by atoms with van der Waals surface area (Å²) in [5, 5.41) is 0.636. The molecule has 5 heteroatoms. The average molecular weight is 352 g/mol. The fourth-order valence-corrected chi connectivity index (χ4v) is 4.81. The summed E-state index contributed by atoms with van der Waals surface area (Å²) in [6.07, 6.45) is 0.658. The van der Waals surface area contributed by atoms with E-state index in [4.69, 9.17) is 11.6 Å². The Labute approximate surface area is 143 Å². The van der Waals surface area contributed by atoms with Gasteiger partial charge in [-0.2, -0.15) is 0 Å². The third-order valence-corrected chi connectivity index (χ3v) is 5.88. The molecule has 0 spiro atoms. The maximum atomic E-state index is 12.9. The molecule has 0 aromatic heterocycles. The Morgan fingerprint density at radius 2 is 1.57 bits per heavy atom. The van der Waals surface area contributed by atoms with Crippen LogP contribution in [0.2, 0.25) is 5.02 Å². The van der Waals surface area contributed by atoms with Gasteiger partial charge < -0.3 is 0 Å². The first-order chi connectivity index (χ1) is 10.7. The van der Waals surface area contributed by atoms with Crippen molar-refractivity contribution < 1.29 is 8.42 Å². The minimum absolute atomic E-state index is 0.280. The minimum atomic E-state index is -3.59. The van der Waals surface area contributed by atoms with Crippen molar-refractivity contribution in [2.75, 3.05) is 0 Å². The van der Waals surface area contributed by atoms with Gasteiger partial charge in [-0.25, -0.2) is 13.1 Å². The molecule has 2 rings (SSSR count). The standard InChI is InChI=1S/C18H22ClNO2S/c1-5-17(15-6-8-16(19)9-7-15)20-23(21,22)18-13(3)10-12(2)11-14(18)4/h6-11,17,20H,5H2,1-4H3/t17-/m0/s1. The number of hydrogen-bond donors (Lipinski definition) is 1. The zero-order chi connectivity index (χ0) is 17.2. The second-order valence-electron chi connectivity index (χ2n) is 5.86. The van der Waals surface area contributed by atoms with E-state index in [1.54, 1.807) is 12.1 Å². The van der Waals surface area contributed by atoms with Crippen LogP contribution in [0, 0.1) is 20.8 Å². The van der Waals surface area contributed by atoms with Crippen molar-refractivity contribution in [3.8, 4) is 0 Å². The molecule has 0 saturated carbocycles. The number of hydrogen-bond acceptors (Lipinski definition) is 2. The number of benzene rings is 2. The monoisotopic (exact) mass is 351 g/mol. The SMILES string of the molecule is CC[C@H](NS(=O)(=O)c1c(C)cc(C)cc1C)c1ccc(Cl)cc1. The van der Waals surface area contributed by atoms with Crippen LogP contribution in [0.5, 0.6) is 0 Å². The molecule has 0 aliphatic carbocycles. The van der Waals surface area contributed by atoms with Gasteiger partial charge in [-0.15, -0.1) is 0 Å². The molecule has 2 aromatic rings. The van der Waals surface area contributed by atoms with Crippen LogP contribution >= 0.6 is 11.6 Å². The predicted molar refractivity (Wildman–Crippen MR) is 95.5 cm³/mol. The zero-order valence-electron chi connectivity index (χ0n) is 13.9. The molecule has 0 saturated heterocycles. The van der Waals surface area contributed by atoms with Gasteiger partial charge in [-0.1, -0.05) is 48.4 Å². The molecule has 0 bridgehead atoms. The van der Waals surface area contributed by atoms with Crippen LogP contribution < -0.4 is 4.72 Å². The van der Waals surface area contributed by atoms with E-state index in [1.165, 1.54) is 0 Å². The van der Waals surface area contributed by atoms with Gasteiger partial charge in [0.25, 0.3) is 0 Å². The molecule has 1 atom stereocenters. The Morgan fingerprint density at radius 1 is 1.04 bits per heavy atom. The van der Waals surface area contributed by atoms with Crippen molar-refractivity contribution in [3.63, 3.8) is 0 Å². The maximum absolute atomic E-state index is 12.9. The van der Waals surface area contributed by atoms with Crippen LogP contribution in [0.25, 0.3) is 0 Å². The molecule has 1 N–H and O–H groups in total. The first-order valence-corrected chi connectivity index (χ1v) is 9.46. The fourth-order valence-electron chi connectivity index (χ4n) is 2.92. The normalized spacial score (nSPS) is 13.1. The van der Waals surface area contributed by atoms with Gasteiger partial charge in [-0.3, -0.25) is 0 Å². The third-order valence-electron chi connectivity index (χ3n) is 3.85. The Bertz CT molecular complexity index is 775. The molecular formula is C18H22ClNO2S. The van der Waals surface area contributed by atoms with E-state index in [0.717, 1.165) is 22.3 Å². The van der Waals surface area contributed by atoms with Gasteiger partial charge in [0.2, 0.25) is 10.0 Å². The van der Waals surface area contributed by atoms with Gasteiger partial charge in [0.15, 0.2) is 0 Å². The van der Waals surface area contributed by atoms with Crippen LogP contribution in [0.3, 0.4) is 0 Å². The smallest absolute Gasteiger partial charge is 0.207 e. The molecular weight excluding hydrogens is 330 g/mol. The maximum Gasteiger partial charge on any atom is 0.241 e. The number of halogens is 1. The Balaban J connectivity index is 2.38. The van der Waals surface area contributed by atoms with E-state index < -0.39 is 10.0 Å². The summed E-state index contributed by atoms with van der Waals surface area (Å²) in [4.78, 5) is 0.371. The van der Waals surface area contributed by atoms with Crippen molar-refractivity contribution in [2.24, 2.45) is 0 Å². The average Bonchev–Trinajstić information content (AvgIpc) is 2.44. The first-order valence-electron chi connectivity index (χ1n) is 7.60. The highest BCUT2D eigenvalue weighted by molar-refractivity contribution is 7.89. The highest BCUT2D eigenvalue weighted by atomic mass is 35.5. The van der Waals surface area contributed by atoms with E-state index in [-0.39, 0.29) is 6.04 Å². The van der Waals surface area contributed by atoms with Crippen molar-refractivity contribution >= 4 is 21.6 Å². The zero-order valence-corrected chi connectivity index (χ0v) is 15.4. The van der Waals surface area contributed by atoms with Crippen LogP contribution in [-0.4, -0.2) is 8.42 Å². The summed E-state index contributed by atoms with van der Waals surface area (Å²) < 4.78 is 28.5. The quantitative estimate of drug-likeness (QED) is 0.849. The fraction of sp³-hybridized carbons (Fsp3) is 0.333. The third kappa shape index (κ3) is 4.14. The summed E-state index contributed by atoms with van der Waals surface area (Å²) in [6, 6.07) is 10.8. The lowest BCUT2D eigenvalue weighted by atomic mass is 10.1. The largest absolute Gasteiger partial charge is 0.241 e. The molecule has 0 unspecified atom stereocenters. The number of sulfonamides is 1. The number of rotatable bonds is 5. The number of aryl methyl sites for hydroxylation is 3. The molecule has 3 nitrogen and oxygen atoms in total. The lowest BCUT2D eigenvalue weighted by Gasteiger charge is -2.20. The van der Waals surface area contributed by atoms with E-state index in [1.807, 2.05) is 52.0 Å². The van der Waals surface area contributed by atoms with Gasteiger partial charge >= 0.3 is 0 Å². The van der Waals surface area contributed by atoms with Gasteiger partial charge in [0.1, 0.15) is 0 Å².